The molecule has 1 fully saturated rings. The molecule has 0 bridgehead atoms. The summed E-state index contributed by atoms with van der Waals surface area (Å²) < 4.78 is 21.6. The standard InChI is InChI=1S/C19H21FN6O/c1-2-13-7-14(9-16(8-13)27-15-3-4-21-10-15)24-19-23-11-17(20)18(25-19)26-6-5-22-12-26/h5-9,11-12,15,21H,2-4,10H2,1H3,(H,23,24,25). The minimum atomic E-state index is -0.515. The van der Waals surface area contributed by atoms with E-state index in [0.717, 1.165) is 49.1 Å². The van der Waals surface area contributed by atoms with Crippen molar-refractivity contribution in [1.29, 1.82) is 0 Å². The lowest BCUT2D eigenvalue weighted by atomic mass is 10.1. The summed E-state index contributed by atoms with van der Waals surface area (Å²) in [6.45, 7) is 3.92. The average Bonchev–Trinajstić information content (AvgIpc) is 3.37. The van der Waals surface area contributed by atoms with Crippen LogP contribution in [-0.2, 0) is 6.42 Å². The van der Waals surface area contributed by atoms with E-state index in [-0.39, 0.29) is 11.9 Å². The van der Waals surface area contributed by atoms with E-state index >= 15 is 0 Å². The Labute approximate surface area is 156 Å². The van der Waals surface area contributed by atoms with Crippen LogP contribution in [-0.4, -0.2) is 38.7 Å². The first-order valence-corrected chi connectivity index (χ1v) is 9.00. The van der Waals surface area contributed by atoms with Gasteiger partial charge in [-0.2, -0.15) is 4.98 Å². The van der Waals surface area contributed by atoms with Crippen LogP contribution in [0.5, 0.6) is 5.75 Å². The molecule has 1 aliphatic rings. The van der Waals surface area contributed by atoms with E-state index in [1.165, 1.54) is 10.9 Å². The molecular formula is C19H21FN6O. The van der Waals surface area contributed by atoms with Crippen LogP contribution in [0.25, 0.3) is 5.82 Å². The minimum Gasteiger partial charge on any atom is -0.489 e. The maximum absolute atomic E-state index is 14.1. The lowest BCUT2D eigenvalue weighted by Crippen LogP contribution is -2.19. The Morgan fingerprint density at radius 3 is 3.04 bits per heavy atom. The molecule has 7 nitrogen and oxygen atoms in total. The molecule has 0 amide bonds. The first-order chi connectivity index (χ1) is 13.2. The number of nitrogens with one attached hydrogen (secondary N) is 2. The quantitative estimate of drug-likeness (QED) is 0.697. The molecule has 1 saturated heterocycles. The second-order valence-electron chi connectivity index (χ2n) is 6.41. The highest BCUT2D eigenvalue weighted by Gasteiger charge is 2.16. The van der Waals surface area contributed by atoms with Gasteiger partial charge in [0.1, 0.15) is 18.2 Å². The average molecular weight is 368 g/mol. The summed E-state index contributed by atoms with van der Waals surface area (Å²) in [5.74, 6) is 0.744. The van der Waals surface area contributed by atoms with Gasteiger partial charge in [-0.15, -0.1) is 0 Å². The van der Waals surface area contributed by atoms with Gasteiger partial charge in [0.25, 0.3) is 0 Å². The van der Waals surface area contributed by atoms with Crippen molar-refractivity contribution < 1.29 is 9.13 Å². The van der Waals surface area contributed by atoms with Crippen LogP contribution in [0.4, 0.5) is 16.0 Å². The normalized spacial score (nSPS) is 16.4. The van der Waals surface area contributed by atoms with Gasteiger partial charge in [-0.05, 0) is 37.1 Å². The SMILES string of the molecule is CCc1cc(Nc2ncc(F)c(-n3ccnc3)n2)cc(OC2CCNC2)c1. The van der Waals surface area contributed by atoms with Gasteiger partial charge in [-0.25, -0.2) is 14.4 Å². The number of ether oxygens (including phenoxy) is 1. The molecule has 2 N–H and O–H groups in total. The number of hydrogen-bond acceptors (Lipinski definition) is 6. The van der Waals surface area contributed by atoms with Crippen molar-refractivity contribution in [2.45, 2.75) is 25.9 Å². The van der Waals surface area contributed by atoms with Gasteiger partial charge in [0, 0.05) is 30.7 Å². The van der Waals surface area contributed by atoms with Gasteiger partial charge >= 0.3 is 0 Å². The molecule has 27 heavy (non-hydrogen) atoms. The third-order valence-corrected chi connectivity index (χ3v) is 4.42. The number of rotatable bonds is 6. The first kappa shape index (κ1) is 17.4. The fraction of sp³-hybridized carbons (Fsp3) is 0.316. The molecule has 3 heterocycles. The summed E-state index contributed by atoms with van der Waals surface area (Å²) in [5.41, 5.74) is 1.94. The van der Waals surface area contributed by atoms with Crippen molar-refractivity contribution in [2.75, 3.05) is 18.4 Å². The Kier molecular flexibility index (Phi) is 4.97. The Balaban J connectivity index is 1.59. The van der Waals surface area contributed by atoms with Gasteiger partial charge in [0.05, 0.1) is 6.20 Å². The van der Waals surface area contributed by atoms with Crippen molar-refractivity contribution in [1.82, 2.24) is 24.8 Å². The number of nitrogens with zero attached hydrogens (tertiary/aromatic N) is 4. The highest BCUT2D eigenvalue weighted by atomic mass is 19.1. The van der Waals surface area contributed by atoms with Crippen LogP contribution in [0.15, 0.2) is 43.1 Å². The van der Waals surface area contributed by atoms with Crippen LogP contribution in [0.2, 0.25) is 0 Å². The van der Waals surface area contributed by atoms with Crippen LogP contribution >= 0.6 is 0 Å². The summed E-state index contributed by atoms with van der Waals surface area (Å²) in [6, 6.07) is 5.98. The molecule has 1 aromatic carbocycles. The number of anilines is 2. The molecule has 140 valence electrons. The molecule has 8 heteroatoms. The first-order valence-electron chi connectivity index (χ1n) is 9.00. The van der Waals surface area contributed by atoms with E-state index < -0.39 is 5.82 Å². The van der Waals surface area contributed by atoms with E-state index in [1.807, 2.05) is 18.2 Å². The van der Waals surface area contributed by atoms with Gasteiger partial charge in [-0.1, -0.05) is 6.92 Å². The Morgan fingerprint density at radius 2 is 2.30 bits per heavy atom. The van der Waals surface area contributed by atoms with E-state index in [9.17, 15) is 4.39 Å². The summed E-state index contributed by atoms with van der Waals surface area (Å²) in [4.78, 5) is 12.3. The predicted molar refractivity (Wildman–Crippen MR) is 100 cm³/mol. The van der Waals surface area contributed by atoms with E-state index in [2.05, 4.69) is 32.5 Å². The molecule has 1 aliphatic heterocycles. The summed E-state index contributed by atoms with van der Waals surface area (Å²) in [5, 5.41) is 6.45. The molecule has 3 aromatic rings. The van der Waals surface area contributed by atoms with Gasteiger partial charge in [-0.3, -0.25) is 4.57 Å². The van der Waals surface area contributed by atoms with Gasteiger partial charge in [0.15, 0.2) is 11.6 Å². The van der Waals surface area contributed by atoms with Crippen LogP contribution in [0.1, 0.15) is 18.9 Å². The Bertz CT molecular complexity index is 909. The fourth-order valence-electron chi connectivity index (χ4n) is 3.04. The van der Waals surface area contributed by atoms with Crippen molar-refractivity contribution in [2.24, 2.45) is 0 Å². The molecule has 1 atom stereocenters. The smallest absolute Gasteiger partial charge is 0.229 e. The molecule has 0 saturated carbocycles. The molecule has 1 unspecified atom stereocenters. The van der Waals surface area contributed by atoms with Crippen LogP contribution in [0.3, 0.4) is 0 Å². The topological polar surface area (TPSA) is 76.9 Å². The maximum Gasteiger partial charge on any atom is 0.229 e. The lowest BCUT2D eigenvalue weighted by Gasteiger charge is -2.15. The number of benzene rings is 1. The van der Waals surface area contributed by atoms with Gasteiger partial charge < -0.3 is 15.4 Å². The zero-order chi connectivity index (χ0) is 18.6. The monoisotopic (exact) mass is 368 g/mol. The number of aryl methyl sites for hydroxylation is 1. The summed E-state index contributed by atoms with van der Waals surface area (Å²) in [6.07, 6.45) is 7.90. The zero-order valence-corrected chi connectivity index (χ0v) is 15.0. The Morgan fingerprint density at radius 1 is 1.37 bits per heavy atom. The van der Waals surface area contributed by atoms with Crippen LogP contribution in [0, 0.1) is 5.82 Å². The largest absolute Gasteiger partial charge is 0.489 e. The second kappa shape index (κ2) is 7.71. The number of halogens is 1. The van der Waals surface area contributed by atoms with E-state index in [0.29, 0.717) is 5.95 Å². The highest BCUT2D eigenvalue weighted by Crippen LogP contribution is 2.25. The number of aromatic nitrogens is 4. The number of hydrogen-bond donors (Lipinski definition) is 2. The van der Waals surface area contributed by atoms with E-state index in [4.69, 9.17) is 4.74 Å². The van der Waals surface area contributed by atoms with Gasteiger partial charge in [0.2, 0.25) is 5.95 Å². The van der Waals surface area contributed by atoms with E-state index in [1.54, 1.807) is 12.4 Å². The number of imidazole rings is 1. The Hall–Kier alpha value is -3.00. The molecule has 0 spiro atoms. The summed E-state index contributed by atoms with van der Waals surface area (Å²) in [7, 11) is 0. The molecular weight excluding hydrogens is 347 g/mol. The molecule has 0 aliphatic carbocycles. The zero-order valence-electron chi connectivity index (χ0n) is 15.0. The van der Waals surface area contributed by atoms with Crippen molar-refractivity contribution in [3.8, 4) is 11.6 Å². The summed E-state index contributed by atoms with van der Waals surface area (Å²) >= 11 is 0. The van der Waals surface area contributed by atoms with Crippen molar-refractivity contribution in [3.63, 3.8) is 0 Å². The lowest BCUT2D eigenvalue weighted by molar-refractivity contribution is 0.223. The van der Waals surface area contributed by atoms with Crippen molar-refractivity contribution >= 4 is 11.6 Å². The second-order valence-corrected chi connectivity index (χ2v) is 6.41. The van der Waals surface area contributed by atoms with Crippen molar-refractivity contribution in [3.05, 3.63) is 54.5 Å². The third-order valence-electron chi connectivity index (χ3n) is 4.42. The predicted octanol–water partition coefficient (Wildman–Crippen LogP) is 2.85. The molecule has 0 radical (unpaired) electrons. The highest BCUT2D eigenvalue weighted by molar-refractivity contribution is 5.58. The van der Waals surface area contributed by atoms with Crippen LogP contribution < -0.4 is 15.4 Å². The molecule has 4 rings (SSSR count). The maximum atomic E-state index is 14.1. The molecule has 2 aromatic heterocycles. The third kappa shape index (κ3) is 4.06. The fourth-order valence-corrected chi connectivity index (χ4v) is 3.04. The minimum absolute atomic E-state index is 0.144.